The molecule has 1 aliphatic heterocycles. The average Bonchev–Trinajstić information content (AvgIpc) is 3.28. The van der Waals surface area contributed by atoms with Crippen LogP contribution in [0.15, 0.2) is 47.1 Å². The predicted molar refractivity (Wildman–Crippen MR) is 91.9 cm³/mol. The number of carbonyl (C=O) groups is 2. The summed E-state index contributed by atoms with van der Waals surface area (Å²) in [5.74, 6) is 1.13. The number of methoxy groups -OCH3 is 1. The fourth-order valence-corrected chi connectivity index (χ4v) is 2.99. The highest BCUT2D eigenvalue weighted by atomic mass is 16.5. The normalized spacial score (nSPS) is 16.9. The van der Waals surface area contributed by atoms with Crippen LogP contribution in [-0.2, 0) is 22.6 Å². The van der Waals surface area contributed by atoms with Crippen molar-refractivity contribution in [2.24, 2.45) is 5.92 Å². The third-order valence-electron chi connectivity index (χ3n) is 4.41. The van der Waals surface area contributed by atoms with E-state index in [0.29, 0.717) is 25.4 Å². The van der Waals surface area contributed by atoms with Crippen LogP contribution < -0.4 is 10.1 Å². The maximum Gasteiger partial charge on any atom is 0.225 e. The molecule has 0 aliphatic carbocycles. The van der Waals surface area contributed by atoms with Gasteiger partial charge in [0.2, 0.25) is 11.8 Å². The Labute approximate surface area is 146 Å². The van der Waals surface area contributed by atoms with Gasteiger partial charge in [-0.1, -0.05) is 12.1 Å². The zero-order valence-electron chi connectivity index (χ0n) is 14.2. The Kier molecular flexibility index (Phi) is 5.38. The summed E-state index contributed by atoms with van der Waals surface area (Å²) in [6.45, 7) is 1.42. The summed E-state index contributed by atoms with van der Waals surface area (Å²) in [7, 11) is 1.63. The lowest BCUT2D eigenvalue weighted by atomic mass is 10.1. The number of benzene rings is 1. The number of amides is 2. The molecule has 1 aromatic heterocycles. The lowest BCUT2D eigenvalue weighted by Crippen LogP contribution is -2.33. The largest absolute Gasteiger partial charge is 0.497 e. The highest BCUT2D eigenvalue weighted by Gasteiger charge is 2.33. The Bertz CT molecular complexity index is 727. The fourth-order valence-electron chi connectivity index (χ4n) is 2.99. The standard InChI is InChI=1S/C19H22N2O4/c1-24-16-5-2-4-14(10-16)7-8-21-13-15(11-18(21)22)19(23)20-12-17-6-3-9-25-17/h2-6,9-10,15H,7-8,11-13H2,1H3,(H,20,23). The summed E-state index contributed by atoms with van der Waals surface area (Å²) in [5.41, 5.74) is 1.11. The van der Waals surface area contributed by atoms with E-state index in [9.17, 15) is 9.59 Å². The summed E-state index contributed by atoms with van der Waals surface area (Å²) < 4.78 is 10.4. The monoisotopic (exact) mass is 342 g/mol. The van der Waals surface area contributed by atoms with Crippen molar-refractivity contribution in [3.8, 4) is 5.75 Å². The van der Waals surface area contributed by atoms with Gasteiger partial charge in [-0.15, -0.1) is 0 Å². The van der Waals surface area contributed by atoms with E-state index in [4.69, 9.17) is 9.15 Å². The minimum absolute atomic E-state index is 0.0287. The van der Waals surface area contributed by atoms with E-state index in [1.165, 1.54) is 0 Å². The molecule has 132 valence electrons. The van der Waals surface area contributed by atoms with Crippen molar-refractivity contribution in [1.82, 2.24) is 10.2 Å². The Balaban J connectivity index is 1.49. The quantitative estimate of drug-likeness (QED) is 0.835. The first-order valence-corrected chi connectivity index (χ1v) is 8.36. The van der Waals surface area contributed by atoms with Crippen LogP contribution >= 0.6 is 0 Å². The van der Waals surface area contributed by atoms with Crippen LogP contribution in [0, 0.1) is 5.92 Å². The first kappa shape index (κ1) is 17.1. The number of rotatable bonds is 7. The van der Waals surface area contributed by atoms with Crippen LogP contribution in [0.5, 0.6) is 5.75 Å². The van der Waals surface area contributed by atoms with Crippen LogP contribution in [0.2, 0.25) is 0 Å². The van der Waals surface area contributed by atoms with Crippen molar-refractivity contribution < 1.29 is 18.7 Å². The summed E-state index contributed by atoms with van der Waals surface area (Å²) in [5, 5.41) is 2.83. The van der Waals surface area contributed by atoms with Crippen molar-refractivity contribution in [2.45, 2.75) is 19.4 Å². The van der Waals surface area contributed by atoms with Crippen LogP contribution in [0.25, 0.3) is 0 Å². The minimum atomic E-state index is -0.298. The van der Waals surface area contributed by atoms with Crippen LogP contribution in [0.4, 0.5) is 0 Å². The molecule has 1 aliphatic rings. The summed E-state index contributed by atoms with van der Waals surface area (Å²) in [6.07, 6.45) is 2.58. The molecule has 6 nitrogen and oxygen atoms in total. The molecule has 1 aromatic carbocycles. The molecule has 2 amide bonds. The highest BCUT2D eigenvalue weighted by Crippen LogP contribution is 2.20. The van der Waals surface area contributed by atoms with Gasteiger partial charge in [-0.05, 0) is 36.2 Å². The molecule has 2 heterocycles. The molecule has 0 bridgehead atoms. The van der Waals surface area contributed by atoms with Gasteiger partial charge in [0.05, 0.1) is 25.8 Å². The number of carbonyl (C=O) groups excluding carboxylic acids is 2. The van der Waals surface area contributed by atoms with Crippen molar-refractivity contribution in [3.05, 3.63) is 54.0 Å². The number of nitrogens with zero attached hydrogens (tertiary/aromatic N) is 1. The lowest BCUT2D eigenvalue weighted by Gasteiger charge is -2.16. The van der Waals surface area contributed by atoms with Crippen LogP contribution in [0.3, 0.4) is 0 Å². The molecule has 0 spiro atoms. The van der Waals surface area contributed by atoms with Crippen molar-refractivity contribution >= 4 is 11.8 Å². The molecule has 1 N–H and O–H groups in total. The lowest BCUT2D eigenvalue weighted by molar-refractivity contribution is -0.129. The van der Waals surface area contributed by atoms with E-state index in [1.807, 2.05) is 24.3 Å². The average molecular weight is 342 g/mol. The van der Waals surface area contributed by atoms with E-state index in [1.54, 1.807) is 30.4 Å². The summed E-state index contributed by atoms with van der Waals surface area (Å²) >= 11 is 0. The van der Waals surface area contributed by atoms with Crippen molar-refractivity contribution in [1.29, 1.82) is 0 Å². The van der Waals surface area contributed by atoms with Gasteiger partial charge in [0.15, 0.2) is 0 Å². The Morgan fingerprint density at radius 3 is 3.00 bits per heavy atom. The predicted octanol–water partition coefficient (Wildman–Crippen LogP) is 2.00. The summed E-state index contributed by atoms with van der Waals surface area (Å²) in [4.78, 5) is 26.2. The smallest absolute Gasteiger partial charge is 0.225 e. The third-order valence-corrected chi connectivity index (χ3v) is 4.41. The van der Waals surface area contributed by atoms with Gasteiger partial charge in [0.25, 0.3) is 0 Å². The molecule has 2 aromatic rings. The molecule has 6 heteroatoms. The zero-order chi connectivity index (χ0) is 17.6. The molecule has 0 saturated carbocycles. The third kappa shape index (κ3) is 4.41. The van der Waals surface area contributed by atoms with Gasteiger partial charge >= 0.3 is 0 Å². The zero-order valence-corrected chi connectivity index (χ0v) is 14.2. The second kappa shape index (κ2) is 7.88. The van der Waals surface area contributed by atoms with Crippen molar-refractivity contribution in [2.75, 3.05) is 20.2 Å². The van der Waals surface area contributed by atoms with Crippen LogP contribution in [0.1, 0.15) is 17.7 Å². The number of likely N-dealkylation sites (tertiary alicyclic amines) is 1. The van der Waals surface area contributed by atoms with E-state index in [0.717, 1.165) is 17.7 Å². The van der Waals surface area contributed by atoms with Gasteiger partial charge in [-0.3, -0.25) is 9.59 Å². The molecule has 1 unspecified atom stereocenters. The first-order valence-electron chi connectivity index (χ1n) is 8.36. The Morgan fingerprint density at radius 2 is 2.24 bits per heavy atom. The van der Waals surface area contributed by atoms with E-state index >= 15 is 0 Å². The van der Waals surface area contributed by atoms with Gasteiger partial charge in [-0.25, -0.2) is 0 Å². The molecule has 0 radical (unpaired) electrons. The maximum atomic E-state index is 12.2. The van der Waals surface area contributed by atoms with E-state index in [-0.39, 0.29) is 24.2 Å². The number of nitrogens with one attached hydrogen (secondary N) is 1. The molecular weight excluding hydrogens is 320 g/mol. The Hall–Kier alpha value is -2.76. The SMILES string of the molecule is COc1cccc(CCN2CC(C(=O)NCc3ccco3)CC2=O)c1. The topological polar surface area (TPSA) is 71.8 Å². The molecule has 1 fully saturated rings. The summed E-state index contributed by atoms with van der Waals surface area (Å²) in [6, 6.07) is 11.4. The van der Waals surface area contributed by atoms with Crippen LogP contribution in [-0.4, -0.2) is 36.9 Å². The van der Waals surface area contributed by atoms with Crippen molar-refractivity contribution in [3.63, 3.8) is 0 Å². The van der Waals surface area contributed by atoms with Gasteiger partial charge in [-0.2, -0.15) is 0 Å². The second-order valence-electron chi connectivity index (χ2n) is 6.14. The second-order valence-corrected chi connectivity index (χ2v) is 6.14. The number of ether oxygens (including phenoxy) is 1. The minimum Gasteiger partial charge on any atom is -0.497 e. The van der Waals surface area contributed by atoms with E-state index < -0.39 is 0 Å². The highest BCUT2D eigenvalue weighted by molar-refractivity contribution is 5.89. The van der Waals surface area contributed by atoms with E-state index in [2.05, 4.69) is 5.32 Å². The number of hydrogen-bond donors (Lipinski definition) is 1. The molecule has 3 rings (SSSR count). The molecule has 25 heavy (non-hydrogen) atoms. The molecular formula is C19H22N2O4. The molecule has 1 atom stereocenters. The molecule has 1 saturated heterocycles. The van der Waals surface area contributed by atoms with Gasteiger partial charge < -0.3 is 19.4 Å². The fraction of sp³-hybridized carbons (Fsp3) is 0.368. The number of hydrogen-bond acceptors (Lipinski definition) is 4. The van der Waals surface area contributed by atoms with Gasteiger partial charge in [0.1, 0.15) is 11.5 Å². The maximum absolute atomic E-state index is 12.2. The number of furan rings is 1. The van der Waals surface area contributed by atoms with Gasteiger partial charge in [0, 0.05) is 19.5 Å². The first-order chi connectivity index (χ1) is 12.2. The Morgan fingerprint density at radius 1 is 1.36 bits per heavy atom.